The summed E-state index contributed by atoms with van der Waals surface area (Å²) in [5.41, 5.74) is 5.13. The van der Waals surface area contributed by atoms with Crippen molar-refractivity contribution >= 4 is 23.5 Å². The molecule has 0 bridgehead atoms. The Morgan fingerprint density at radius 3 is 2.35 bits per heavy atom. The van der Waals surface area contributed by atoms with Gasteiger partial charge in [0.05, 0.1) is 5.75 Å². The lowest BCUT2D eigenvalue weighted by molar-refractivity contribution is -0.151. The molecule has 0 aromatic carbocycles. The molecule has 5 nitrogen and oxygen atoms in total. The summed E-state index contributed by atoms with van der Waals surface area (Å²) in [7, 11) is 0. The molecule has 0 aliphatic rings. The predicted octanol–water partition coefficient (Wildman–Crippen LogP) is 2.79. The van der Waals surface area contributed by atoms with Gasteiger partial charge in [-0.05, 0) is 20.8 Å². The third-order valence-corrected chi connectivity index (χ3v) is 3.04. The smallest absolute Gasteiger partial charge is 0.316 e. The lowest BCUT2D eigenvalue weighted by Gasteiger charge is -2.19. The van der Waals surface area contributed by atoms with Crippen LogP contribution in [0.5, 0.6) is 0 Å². The van der Waals surface area contributed by atoms with Gasteiger partial charge in [0.25, 0.3) is 0 Å². The standard InChI is InChI=1S/C14H23N3O2S/c1-13(2,3)12-16-9(15)7-10(17-12)20-8-11(18)19-14(4,5)6/h7H,8H2,1-6H3,(H2,15,16,17). The molecule has 2 N–H and O–H groups in total. The van der Waals surface area contributed by atoms with Crippen LogP contribution in [0.4, 0.5) is 5.82 Å². The predicted molar refractivity (Wildman–Crippen MR) is 81.7 cm³/mol. The van der Waals surface area contributed by atoms with Crippen molar-refractivity contribution in [3.63, 3.8) is 0 Å². The Labute approximate surface area is 124 Å². The van der Waals surface area contributed by atoms with E-state index in [4.69, 9.17) is 10.5 Å². The van der Waals surface area contributed by atoms with E-state index in [1.807, 2.05) is 41.5 Å². The fourth-order valence-electron chi connectivity index (χ4n) is 1.36. The third-order valence-electron chi connectivity index (χ3n) is 2.15. The summed E-state index contributed by atoms with van der Waals surface area (Å²) in [5, 5.41) is 0.688. The van der Waals surface area contributed by atoms with Gasteiger partial charge in [-0.2, -0.15) is 0 Å². The number of esters is 1. The number of nitrogens with zero attached hydrogens (tertiary/aromatic N) is 2. The molecule has 20 heavy (non-hydrogen) atoms. The Bertz CT molecular complexity index is 490. The number of hydrogen-bond donors (Lipinski definition) is 1. The number of anilines is 1. The SMILES string of the molecule is CC(C)(C)OC(=O)CSc1cc(N)nc(C(C)(C)C)n1. The largest absolute Gasteiger partial charge is 0.459 e. The average Bonchev–Trinajstić information content (AvgIpc) is 2.22. The Morgan fingerprint density at radius 1 is 1.25 bits per heavy atom. The van der Waals surface area contributed by atoms with Crippen molar-refractivity contribution in [3.05, 3.63) is 11.9 Å². The highest BCUT2D eigenvalue weighted by Crippen LogP contribution is 2.24. The monoisotopic (exact) mass is 297 g/mol. The van der Waals surface area contributed by atoms with Crippen LogP contribution in [0.2, 0.25) is 0 Å². The van der Waals surface area contributed by atoms with Crippen molar-refractivity contribution in [1.29, 1.82) is 0 Å². The van der Waals surface area contributed by atoms with E-state index < -0.39 is 5.60 Å². The van der Waals surface area contributed by atoms with Crippen LogP contribution in [-0.2, 0) is 14.9 Å². The topological polar surface area (TPSA) is 78.1 Å². The van der Waals surface area contributed by atoms with E-state index in [1.54, 1.807) is 6.07 Å². The summed E-state index contributed by atoms with van der Waals surface area (Å²) in [5.74, 6) is 1.02. The van der Waals surface area contributed by atoms with E-state index in [1.165, 1.54) is 11.8 Å². The minimum absolute atomic E-state index is 0.184. The highest BCUT2D eigenvalue weighted by atomic mass is 32.2. The molecule has 0 amide bonds. The number of rotatable bonds is 3. The van der Waals surface area contributed by atoms with Crippen molar-refractivity contribution in [2.24, 2.45) is 0 Å². The van der Waals surface area contributed by atoms with Gasteiger partial charge in [0.2, 0.25) is 0 Å². The van der Waals surface area contributed by atoms with Gasteiger partial charge in [-0.1, -0.05) is 32.5 Å². The minimum Gasteiger partial charge on any atom is -0.459 e. The first-order valence-electron chi connectivity index (χ1n) is 6.47. The molecule has 1 aromatic heterocycles. The van der Waals surface area contributed by atoms with Gasteiger partial charge < -0.3 is 10.5 Å². The molecule has 0 saturated carbocycles. The first-order valence-corrected chi connectivity index (χ1v) is 7.45. The van der Waals surface area contributed by atoms with Gasteiger partial charge in [0.1, 0.15) is 22.3 Å². The van der Waals surface area contributed by atoms with Gasteiger partial charge in [0.15, 0.2) is 0 Å². The van der Waals surface area contributed by atoms with Crippen molar-refractivity contribution in [1.82, 2.24) is 9.97 Å². The second-order valence-electron chi connectivity index (χ2n) is 6.58. The number of thioether (sulfide) groups is 1. The minimum atomic E-state index is -0.473. The van der Waals surface area contributed by atoms with E-state index >= 15 is 0 Å². The van der Waals surface area contributed by atoms with E-state index in [0.29, 0.717) is 16.7 Å². The van der Waals surface area contributed by atoms with Gasteiger partial charge >= 0.3 is 5.97 Å². The zero-order valence-corrected chi connectivity index (χ0v) is 13.8. The van der Waals surface area contributed by atoms with Crippen molar-refractivity contribution in [2.75, 3.05) is 11.5 Å². The third kappa shape index (κ3) is 5.77. The number of aromatic nitrogens is 2. The van der Waals surface area contributed by atoms with Crippen LogP contribution in [-0.4, -0.2) is 27.3 Å². The zero-order chi connectivity index (χ0) is 15.6. The van der Waals surface area contributed by atoms with Crippen LogP contribution in [0.1, 0.15) is 47.4 Å². The molecular formula is C14H23N3O2S. The number of carbonyl (C=O) groups is 1. The number of ether oxygens (including phenoxy) is 1. The van der Waals surface area contributed by atoms with E-state index in [9.17, 15) is 4.79 Å². The van der Waals surface area contributed by atoms with Gasteiger partial charge in [-0.25, -0.2) is 9.97 Å². The summed E-state index contributed by atoms with van der Waals surface area (Å²) >= 11 is 1.31. The Kier molecular flexibility index (Phi) is 5.02. The first-order chi connectivity index (χ1) is 8.97. The molecule has 0 fully saturated rings. The van der Waals surface area contributed by atoms with Crippen LogP contribution in [0, 0.1) is 0 Å². The summed E-state index contributed by atoms with van der Waals surface area (Å²) in [6.45, 7) is 11.6. The molecule has 0 atom stereocenters. The lowest BCUT2D eigenvalue weighted by Crippen LogP contribution is -2.25. The number of carbonyl (C=O) groups excluding carboxylic acids is 1. The molecule has 0 saturated heterocycles. The molecule has 112 valence electrons. The second kappa shape index (κ2) is 5.99. The number of nitrogens with two attached hydrogens (primary N) is 1. The van der Waals surface area contributed by atoms with Crippen molar-refractivity contribution in [2.45, 2.75) is 57.6 Å². The molecule has 0 aliphatic heterocycles. The quantitative estimate of drug-likeness (QED) is 0.525. The highest BCUT2D eigenvalue weighted by Gasteiger charge is 2.20. The lowest BCUT2D eigenvalue weighted by atomic mass is 9.96. The molecule has 1 aromatic rings. The molecule has 6 heteroatoms. The zero-order valence-electron chi connectivity index (χ0n) is 13.0. The summed E-state index contributed by atoms with van der Waals surface area (Å²) < 4.78 is 5.25. The number of hydrogen-bond acceptors (Lipinski definition) is 6. The Balaban J connectivity index is 2.74. The first kappa shape index (κ1) is 16.8. The summed E-state index contributed by atoms with van der Waals surface area (Å²) in [6.07, 6.45) is 0. The molecule has 0 spiro atoms. The fourth-order valence-corrected chi connectivity index (χ4v) is 2.04. The molecular weight excluding hydrogens is 274 g/mol. The maximum absolute atomic E-state index is 11.7. The normalized spacial score (nSPS) is 12.3. The Morgan fingerprint density at radius 2 is 1.85 bits per heavy atom. The molecule has 0 aliphatic carbocycles. The second-order valence-corrected chi connectivity index (χ2v) is 7.58. The van der Waals surface area contributed by atoms with Crippen molar-refractivity contribution in [3.8, 4) is 0 Å². The van der Waals surface area contributed by atoms with E-state index in [-0.39, 0.29) is 17.1 Å². The van der Waals surface area contributed by atoms with Crippen LogP contribution in [0.3, 0.4) is 0 Å². The van der Waals surface area contributed by atoms with E-state index in [2.05, 4.69) is 9.97 Å². The summed E-state index contributed by atoms with van der Waals surface area (Å²) in [6, 6.07) is 1.67. The highest BCUT2D eigenvalue weighted by molar-refractivity contribution is 7.99. The van der Waals surface area contributed by atoms with Gasteiger partial charge in [-0.15, -0.1) is 0 Å². The van der Waals surface area contributed by atoms with E-state index in [0.717, 1.165) is 0 Å². The van der Waals surface area contributed by atoms with Gasteiger partial charge in [-0.3, -0.25) is 4.79 Å². The molecule has 1 rings (SSSR count). The molecule has 0 radical (unpaired) electrons. The van der Waals surface area contributed by atoms with Crippen LogP contribution >= 0.6 is 11.8 Å². The van der Waals surface area contributed by atoms with Crippen LogP contribution < -0.4 is 5.73 Å². The number of nitrogen functional groups attached to an aromatic ring is 1. The molecule has 1 heterocycles. The molecule has 0 unspecified atom stereocenters. The average molecular weight is 297 g/mol. The maximum Gasteiger partial charge on any atom is 0.316 e. The van der Waals surface area contributed by atoms with Crippen LogP contribution in [0.15, 0.2) is 11.1 Å². The maximum atomic E-state index is 11.7. The fraction of sp³-hybridized carbons (Fsp3) is 0.643. The Hall–Kier alpha value is -1.30. The summed E-state index contributed by atoms with van der Waals surface area (Å²) in [4.78, 5) is 20.3. The van der Waals surface area contributed by atoms with Crippen LogP contribution in [0.25, 0.3) is 0 Å². The van der Waals surface area contributed by atoms with Crippen molar-refractivity contribution < 1.29 is 9.53 Å². The van der Waals surface area contributed by atoms with Gasteiger partial charge in [0, 0.05) is 11.5 Å².